The number of anilines is 1. The lowest BCUT2D eigenvalue weighted by Crippen LogP contribution is -2.43. The monoisotopic (exact) mass is 496 g/mol. The summed E-state index contributed by atoms with van der Waals surface area (Å²) in [7, 11) is -2.13. The Hall–Kier alpha value is -3.19. The highest BCUT2D eigenvalue weighted by atomic mass is 32.2. The summed E-state index contributed by atoms with van der Waals surface area (Å²) in [5.41, 5.74) is 0.0531. The van der Waals surface area contributed by atoms with Gasteiger partial charge in [-0.2, -0.15) is 27.7 Å². The predicted octanol–water partition coefficient (Wildman–Crippen LogP) is 2.72. The van der Waals surface area contributed by atoms with E-state index in [0.717, 1.165) is 12.1 Å². The van der Waals surface area contributed by atoms with Crippen molar-refractivity contribution >= 4 is 21.6 Å². The van der Waals surface area contributed by atoms with E-state index in [1.165, 1.54) is 44.5 Å². The Balaban J connectivity index is 1.39. The van der Waals surface area contributed by atoms with Gasteiger partial charge >= 0.3 is 6.18 Å². The highest BCUT2D eigenvalue weighted by Gasteiger charge is 2.34. The zero-order valence-electron chi connectivity index (χ0n) is 18.2. The molecule has 3 heterocycles. The largest absolute Gasteiger partial charge is 0.416 e. The maximum absolute atomic E-state index is 12.9. The van der Waals surface area contributed by atoms with Crippen LogP contribution in [0.25, 0.3) is 0 Å². The van der Waals surface area contributed by atoms with E-state index in [9.17, 15) is 26.4 Å². The molecule has 1 aliphatic rings. The Kier molecular flexibility index (Phi) is 6.49. The third-order valence-corrected chi connectivity index (χ3v) is 7.39. The molecule has 1 fully saturated rings. The molecule has 1 aromatic carbocycles. The van der Waals surface area contributed by atoms with Crippen LogP contribution in [0, 0.1) is 5.92 Å². The summed E-state index contributed by atoms with van der Waals surface area (Å²) in [6.45, 7) is 0.456. The zero-order valence-corrected chi connectivity index (χ0v) is 19.1. The Labute approximate surface area is 194 Å². The lowest BCUT2D eigenvalue weighted by Gasteiger charge is -2.30. The van der Waals surface area contributed by atoms with Crippen molar-refractivity contribution in [3.8, 4) is 0 Å². The van der Waals surface area contributed by atoms with Gasteiger partial charge in [0.15, 0.2) is 0 Å². The normalized spacial score (nSPS) is 17.6. The van der Waals surface area contributed by atoms with Crippen LogP contribution < -0.4 is 5.32 Å². The smallest absolute Gasteiger partial charge is 0.323 e. The van der Waals surface area contributed by atoms with Crippen LogP contribution in [0.2, 0.25) is 0 Å². The highest BCUT2D eigenvalue weighted by molar-refractivity contribution is 7.89. The van der Waals surface area contributed by atoms with Gasteiger partial charge < -0.3 is 5.32 Å². The van der Waals surface area contributed by atoms with E-state index in [1.807, 2.05) is 0 Å². The first-order valence-electron chi connectivity index (χ1n) is 10.5. The van der Waals surface area contributed by atoms with E-state index in [0.29, 0.717) is 30.6 Å². The maximum atomic E-state index is 12.9. The number of aromatic nitrogens is 4. The quantitative estimate of drug-likeness (QED) is 0.566. The number of hydrogen-bond donors (Lipinski definition) is 1. The topological polar surface area (TPSA) is 102 Å². The molecule has 0 unspecified atom stereocenters. The molecule has 1 atom stereocenters. The minimum atomic E-state index is -4.43. The van der Waals surface area contributed by atoms with Gasteiger partial charge in [-0.25, -0.2) is 8.42 Å². The molecule has 34 heavy (non-hydrogen) atoms. The van der Waals surface area contributed by atoms with Crippen molar-refractivity contribution in [2.75, 3.05) is 18.4 Å². The van der Waals surface area contributed by atoms with Crippen LogP contribution in [0.3, 0.4) is 0 Å². The number of aryl methyl sites for hydroxylation is 1. The van der Waals surface area contributed by atoms with Gasteiger partial charge in [-0.05, 0) is 30.5 Å². The second kappa shape index (κ2) is 9.22. The highest BCUT2D eigenvalue weighted by Crippen LogP contribution is 2.30. The number of carbonyl (C=O) groups excluding carboxylic acids is 1. The van der Waals surface area contributed by atoms with Crippen LogP contribution >= 0.6 is 0 Å². The summed E-state index contributed by atoms with van der Waals surface area (Å²) in [6.07, 6.45) is 2.24. The first-order valence-corrected chi connectivity index (χ1v) is 11.9. The molecule has 1 aliphatic heterocycles. The molecule has 9 nitrogen and oxygen atoms in total. The van der Waals surface area contributed by atoms with E-state index in [4.69, 9.17) is 0 Å². The molecule has 0 saturated carbocycles. The number of nitrogens with zero attached hydrogens (tertiary/aromatic N) is 5. The van der Waals surface area contributed by atoms with Crippen molar-refractivity contribution in [1.82, 2.24) is 23.9 Å². The number of rotatable bonds is 6. The number of sulfonamides is 1. The lowest BCUT2D eigenvalue weighted by molar-refractivity contribution is -0.137. The molecule has 1 saturated heterocycles. The minimum Gasteiger partial charge on any atom is -0.323 e. The number of carbonyl (C=O) groups is 1. The van der Waals surface area contributed by atoms with Crippen LogP contribution in [0.4, 0.5) is 18.9 Å². The van der Waals surface area contributed by atoms with Crippen molar-refractivity contribution in [2.24, 2.45) is 13.0 Å². The number of amides is 1. The molecule has 4 rings (SSSR count). The fraction of sp³-hybridized carbons (Fsp3) is 0.381. The summed E-state index contributed by atoms with van der Waals surface area (Å²) >= 11 is 0. The molecule has 13 heteroatoms. The summed E-state index contributed by atoms with van der Waals surface area (Å²) in [5.74, 6) is -0.892. The first kappa shape index (κ1) is 24.0. The number of nitrogens with one attached hydrogen (secondary N) is 1. The third kappa shape index (κ3) is 5.30. The average Bonchev–Trinajstić information content (AvgIpc) is 3.42. The first-order chi connectivity index (χ1) is 16.0. The predicted molar refractivity (Wildman–Crippen MR) is 116 cm³/mol. The molecule has 1 amide bonds. The molecular weight excluding hydrogens is 473 g/mol. The summed E-state index contributed by atoms with van der Waals surface area (Å²) in [4.78, 5) is 12.9. The van der Waals surface area contributed by atoms with E-state index in [2.05, 4.69) is 15.5 Å². The number of piperidine rings is 1. The van der Waals surface area contributed by atoms with E-state index in [1.54, 1.807) is 13.1 Å². The number of halogens is 3. The van der Waals surface area contributed by atoms with Crippen molar-refractivity contribution in [2.45, 2.75) is 30.5 Å². The van der Waals surface area contributed by atoms with Gasteiger partial charge in [0, 0.05) is 32.5 Å². The van der Waals surface area contributed by atoms with E-state index in [-0.39, 0.29) is 23.9 Å². The standard InChI is InChI=1S/C21H23F3N6O3S/c1-28-14-19(10-25-28)34(32,33)30-7-3-5-16(12-30)20(31)27-18-9-26-29(13-18)11-15-4-2-6-17(8-15)21(22,23)24/h2,4,6,8-10,13-14,16H,3,5,7,11-12H2,1H3,(H,27,31)/t16-/m1/s1. The third-order valence-electron chi connectivity index (χ3n) is 5.57. The Bertz CT molecular complexity index is 1280. The van der Waals surface area contributed by atoms with Gasteiger partial charge in [0.2, 0.25) is 15.9 Å². The minimum absolute atomic E-state index is 0.0431. The Morgan fingerprint density at radius 2 is 2.00 bits per heavy atom. The molecular formula is C21H23F3N6O3S. The lowest BCUT2D eigenvalue weighted by atomic mass is 9.99. The Morgan fingerprint density at radius 3 is 2.71 bits per heavy atom. The molecule has 0 spiro atoms. The molecule has 3 aromatic rings. The van der Waals surface area contributed by atoms with Crippen LogP contribution in [0.5, 0.6) is 0 Å². The van der Waals surface area contributed by atoms with Crippen molar-refractivity contribution in [1.29, 1.82) is 0 Å². The zero-order chi connectivity index (χ0) is 24.5. The number of alkyl halides is 3. The number of hydrogen-bond acceptors (Lipinski definition) is 5. The fourth-order valence-electron chi connectivity index (χ4n) is 3.85. The fourth-order valence-corrected chi connectivity index (χ4v) is 5.36. The van der Waals surface area contributed by atoms with E-state index < -0.39 is 27.7 Å². The molecule has 182 valence electrons. The Morgan fingerprint density at radius 1 is 1.21 bits per heavy atom. The van der Waals surface area contributed by atoms with Gasteiger partial charge in [0.05, 0.1) is 36.1 Å². The van der Waals surface area contributed by atoms with Gasteiger partial charge in [0.25, 0.3) is 0 Å². The average molecular weight is 497 g/mol. The SMILES string of the molecule is Cn1cc(S(=O)(=O)N2CCC[C@@H](C(=O)Nc3cnn(Cc4cccc(C(F)(F)F)c4)c3)C2)cn1. The van der Waals surface area contributed by atoms with Crippen LogP contribution in [-0.4, -0.2) is 51.3 Å². The van der Waals surface area contributed by atoms with E-state index >= 15 is 0 Å². The van der Waals surface area contributed by atoms with Gasteiger partial charge in [-0.15, -0.1) is 0 Å². The second-order valence-electron chi connectivity index (χ2n) is 8.17. The summed E-state index contributed by atoms with van der Waals surface area (Å²) in [6, 6.07) is 4.95. The molecule has 0 aliphatic carbocycles. The molecule has 0 bridgehead atoms. The molecule has 2 aromatic heterocycles. The molecule has 1 N–H and O–H groups in total. The molecule has 0 radical (unpaired) electrons. The van der Waals surface area contributed by atoms with Crippen LogP contribution in [0.15, 0.2) is 53.9 Å². The second-order valence-corrected chi connectivity index (χ2v) is 10.1. The van der Waals surface area contributed by atoms with Crippen molar-refractivity contribution in [3.05, 3.63) is 60.2 Å². The van der Waals surface area contributed by atoms with Gasteiger partial charge in [0.1, 0.15) is 4.90 Å². The van der Waals surface area contributed by atoms with Crippen LogP contribution in [-0.2, 0) is 34.6 Å². The van der Waals surface area contributed by atoms with Crippen molar-refractivity contribution in [3.63, 3.8) is 0 Å². The van der Waals surface area contributed by atoms with Gasteiger partial charge in [-0.1, -0.05) is 12.1 Å². The van der Waals surface area contributed by atoms with Gasteiger partial charge in [-0.3, -0.25) is 14.2 Å². The van der Waals surface area contributed by atoms with Crippen LogP contribution in [0.1, 0.15) is 24.0 Å². The summed E-state index contributed by atoms with van der Waals surface area (Å²) in [5, 5.41) is 10.7. The maximum Gasteiger partial charge on any atom is 0.416 e. The summed E-state index contributed by atoms with van der Waals surface area (Å²) < 4.78 is 68.5. The number of benzene rings is 1. The van der Waals surface area contributed by atoms with Crippen molar-refractivity contribution < 1.29 is 26.4 Å².